The summed E-state index contributed by atoms with van der Waals surface area (Å²) in [5.41, 5.74) is -0.157. The summed E-state index contributed by atoms with van der Waals surface area (Å²) in [6.07, 6.45) is 5.86. The summed E-state index contributed by atoms with van der Waals surface area (Å²) < 4.78 is 0. The van der Waals surface area contributed by atoms with E-state index in [1.54, 1.807) is 0 Å². The Bertz CT molecular complexity index is 297. The lowest BCUT2D eigenvalue weighted by molar-refractivity contribution is -0.133. The lowest BCUT2D eigenvalue weighted by atomic mass is 10.1. The van der Waals surface area contributed by atoms with Crippen LogP contribution in [0.3, 0.4) is 0 Å². The molecule has 1 heterocycles. The van der Waals surface area contributed by atoms with Crippen LogP contribution in [0.25, 0.3) is 0 Å². The van der Waals surface area contributed by atoms with E-state index in [0.29, 0.717) is 17.9 Å². The van der Waals surface area contributed by atoms with Crippen LogP contribution in [0, 0.1) is 5.92 Å². The van der Waals surface area contributed by atoms with E-state index in [0.717, 1.165) is 19.3 Å². The van der Waals surface area contributed by atoms with Crippen molar-refractivity contribution in [2.24, 2.45) is 5.92 Å². The zero-order chi connectivity index (χ0) is 12.6. The number of nitrogens with one attached hydrogen (secondary N) is 1. The molecule has 0 aromatic rings. The van der Waals surface area contributed by atoms with E-state index in [1.807, 2.05) is 0 Å². The maximum Gasteiger partial charge on any atom is 0.244 e. The minimum atomic E-state index is -0.157. The van der Waals surface area contributed by atoms with Crippen LogP contribution < -0.4 is 5.32 Å². The summed E-state index contributed by atoms with van der Waals surface area (Å²) >= 11 is 0. The molecular weight excluding hydrogens is 212 g/mol. The number of carbonyl (C=O) groups excluding carboxylic acids is 1. The van der Waals surface area contributed by atoms with E-state index in [1.165, 1.54) is 12.8 Å². The van der Waals surface area contributed by atoms with Crippen molar-refractivity contribution in [1.82, 2.24) is 10.2 Å². The molecule has 0 radical (unpaired) electrons. The zero-order valence-electron chi connectivity index (χ0n) is 11.6. The van der Waals surface area contributed by atoms with E-state index < -0.39 is 0 Å². The van der Waals surface area contributed by atoms with Crippen LogP contribution in [0.2, 0.25) is 0 Å². The number of amides is 1. The second kappa shape index (κ2) is 4.60. The average Bonchev–Trinajstić information content (AvgIpc) is 2.99. The summed E-state index contributed by atoms with van der Waals surface area (Å²) in [5.74, 6) is 0.850. The van der Waals surface area contributed by atoms with Crippen molar-refractivity contribution >= 4 is 5.91 Å². The third-order valence-corrected chi connectivity index (χ3v) is 4.20. The Balaban J connectivity index is 2.08. The lowest BCUT2D eigenvalue weighted by Crippen LogP contribution is -2.46. The van der Waals surface area contributed by atoms with Gasteiger partial charge in [-0.15, -0.1) is 0 Å². The molecule has 2 unspecified atom stereocenters. The Morgan fingerprint density at radius 1 is 1.41 bits per heavy atom. The zero-order valence-corrected chi connectivity index (χ0v) is 11.6. The monoisotopic (exact) mass is 238 g/mol. The standard InChI is InChI=1S/C14H26N2O/c1-5-6-7-11(4)16-12(10(2)3)15-14(8-9-14)13(16)17/h10-12,15H,5-9H2,1-4H3. The number of carbonyl (C=O) groups is 1. The van der Waals surface area contributed by atoms with Crippen molar-refractivity contribution in [1.29, 1.82) is 0 Å². The molecule has 0 aromatic carbocycles. The fraction of sp³-hybridized carbons (Fsp3) is 0.929. The Kier molecular flexibility index (Phi) is 3.48. The Labute approximate surface area is 105 Å². The van der Waals surface area contributed by atoms with Crippen LogP contribution in [0.15, 0.2) is 0 Å². The molecule has 98 valence electrons. The van der Waals surface area contributed by atoms with Gasteiger partial charge in [-0.3, -0.25) is 10.1 Å². The first-order valence-electron chi connectivity index (χ1n) is 7.12. The molecule has 1 amide bonds. The van der Waals surface area contributed by atoms with Gasteiger partial charge in [-0.05, 0) is 32.1 Å². The van der Waals surface area contributed by atoms with Crippen LogP contribution in [-0.4, -0.2) is 28.6 Å². The molecule has 1 saturated carbocycles. The molecule has 2 fully saturated rings. The number of hydrogen-bond acceptors (Lipinski definition) is 2. The number of nitrogens with zero attached hydrogens (tertiary/aromatic N) is 1. The molecule has 2 aliphatic rings. The predicted molar refractivity (Wildman–Crippen MR) is 69.6 cm³/mol. The average molecular weight is 238 g/mol. The summed E-state index contributed by atoms with van der Waals surface area (Å²) in [6, 6.07) is 0.377. The van der Waals surface area contributed by atoms with Crippen LogP contribution >= 0.6 is 0 Å². The molecule has 1 spiro atoms. The van der Waals surface area contributed by atoms with Crippen molar-refractivity contribution in [3.05, 3.63) is 0 Å². The summed E-state index contributed by atoms with van der Waals surface area (Å²) in [7, 11) is 0. The first kappa shape index (κ1) is 12.9. The van der Waals surface area contributed by atoms with Gasteiger partial charge in [-0.25, -0.2) is 0 Å². The fourth-order valence-electron chi connectivity index (χ4n) is 2.87. The quantitative estimate of drug-likeness (QED) is 0.798. The second-order valence-corrected chi connectivity index (χ2v) is 6.12. The van der Waals surface area contributed by atoms with Crippen LogP contribution in [0.5, 0.6) is 0 Å². The van der Waals surface area contributed by atoms with Gasteiger partial charge >= 0.3 is 0 Å². The predicted octanol–water partition coefficient (Wildman–Crippen LogP) is 2.51. The van der Waals surface area contributed by atoms with E-state index >= 15 is 0 Å². The molecule has 2 atom stereocenters. The maximum atomic E-state index is 12.5. The molecule has 0 aromatic heterocycles. The lowest BCUT2D eigenvalue weighted by Gasteiger charge is -2.32. The number of hydrogen-bond donors (Lipinski definition) is 1. The van der Waals surface area contributed by atoms with Crippen molar-refractivity contribution < 1.29 is 4.79 Å². The Hall–Kier alpha value is -0.570. The van der Waals surface area contributed by atoms with Crippen LogP contribution in [0.4, 0.5) is 0 Å². The Morgan fingerprint density at radius 2 is 2.06 bits per heavy atom. The molecule has 1 aliphatic heterocycles. The molecule has 0 bridgehead atoms. The van der Waals surface area contributed by atoms with Gasteiger partial charge in [0.2, 0.25) is 5.91 Å². The van der Waals surface area contributed by atoms with Gasteiger partial charge < -0.3 is 4.90 Å². The van der Waals surface area contributed by atoms with Crippen LogP contribution in [0.1, 0.15) is 59.8 Å². The third-order valence-electron chi connectivity index (χ3n) is 4.20. The fourth-order valence-corrected chi connectivity index (χ4v) is 2.87. The summed E-state index contributed by atoms with van der Waals surface area (Å²) in [6.45, 7) is 8.81. The summed E-state index contributed by atoms with van der Waals surface area (Å²) in [4.78, 5) is 14.6. The number of unbranched alkanes of at least 4 members (excludes halogenated alkanes) is 1. The highest BCUT2D eigenvalue weighted by Crippen LogP contribution is 2.44. The van der Waals surface area contributed by atoms with Gasteiger partial charge in [0.25, 0.3) is 0 Å². The van der Waals surface area contributed by atoms with Gasteiger partial charge in [0.05, 0.1) is 11.7 Å². The molecule has 1 N–H and O–H groups in total. The van der Waals surface area contributed by atoms with Crippen molar-refractivity contribution in [2.45, 2.75) is 77.5 Å². The van der Waals surface area contributed by atoms with Crippen molar-refractivity contribution in [3.8, 4) is 0 Å². The van der Waals surface area contributed by atoms with E-state index in [4.69, 9.17) is 0 Å². The molecular formula is C14H26N2O. The molecule has 3 heteroatoms. The minimum absolute atomic E-state index is 0.157. The van der Waals surface area contributed by atoms with Gasteiger partial charge in [-0.2, -0.15) is 0 Å². The highest BCUT2D eigenvalue weighted by molar-refractivity contribution is 5.92. The topological polar surface area (TPSA) is 32.3 Å². The SMILES string of the molecule is CCCCC(C)N1C(=O)C2(CC2)NC1C(C)C. The molecule has 17 heavy (non-hydrogen) atoms. The van der Waals surface area contributed by atoms with E-state index in [9.17, 15) is 4.79 Å². The molecule has 1 saturated heterocycles. The minimum Gasteiger partial charge on any atom is -0.323 e. The van der Waals surface area contributed by atoms with E-state index in [2.05, 4.69) is 37.9 Å². The smallest absolute Gasteiger partial charge is 0.244 e. The van der Waals surface area contributed by atoms with Crippen LogP contribution in [-0.2, 0) is 4.79 Å². The normalized spacial score (nSPS) is 28.2. The second-order valence-electron chi connectivity index (χ2n) is 6.12. The van der Waals surface area contributed by atoms with Gasteiger partial charge in [0, 0.05) is 6.04 Å². The third kappa shape index (κ3) is 2.22. The molecule has 1 aliphatic carbocycles. The molecule has 3 nitrogen and oxygen atoms in total. The highest BCUT2D eigenvalue weighted by Gasteiger charge is 2.60. The summed E-state index contributed by atoms with van der Waals surface area (Å²) in [5, 5.41) is 3.57. The largest absolute Gasteiger partial charge is 0.323 e. The molecule has 2 rings (SSSR count). The van der Waals surface area contributed by atoms with E-state index in [-0.39, 0.29) is 11.7 Å². The van der Waals surface area contributed by atoms with Gasteiger partial charge in [-0.1, -0.05) is 33.6 Å². The van der Waals surface area contributed by atoms with Crippen molar-refractivity contribution in [3.63, 3.8) is 0 Å². The highest BCUT2D eigenvalue weighted by atomic mass is 16.2. The van der Waals surface area contributed by atoms with Gasteiger partial charge in [0.1, 0.15) is 0 Å². The van der Waals surface area contributed by atoms with Crippen molar-refractivity contribution in [2.75, 3.05) is 0 Å². The number of rotatable bonds is 5. The van der Waals surface area contributed by atoms with Gasteiger partial charge in [0.15, 0.2) is 0 Å². The maximum absolute atomic E-state index is 12.5. The first-order valence-corrected chi connectivity index (χ1v) is 7.12. The first-order chi connectivity index (χ1) is 8.02. The Morgan fingerprint density at radius 3 is 2.53 bits per heavy atom.